The summed E-state index contributed by atoms with van der Waals surface area (Å²) in [5, 5.41) is 0. The summed E-state index contributed by atoms with van der Waals surface area (Å²) >= 11 is 0. The monoisotopic (exact) mass is 244 g/mol. The summed E-state index contributed by atoms with van der Waals surface area (Å²) in [5.74, 6) is 0. The zero-order valence-corrected chi connectivity index (χ0v) is 11.4. The van der Waals surface area contributed by atoms with Crippen molar-refractivity contribution in [3.63, 3.8) is 0 Å². The Labute approximate surface area is 109 Å². The maximum atomic E-state index is 6.09. The largest absolute Gasteiger partial charge is 0.359 e. The Balaban J connectivity index is 2.11. The van der Waals surface area contributed by atoms with E-state index in [0.717, 1.165) is 19.3 Å². The molecule has 0 heterocycles. The molecule has 0 N–H and O–H groups in total. The van der Waals surface area contributed by atoms with Gasteiger partial charge in [0.1, 0.15) is 12.4 Å². The van der Waals surface area contributed by atoms with Crippen LogP contribution in [0.5, 0.6) is 0 Å². The summed E-state index contributed by atoms with van der Waals surface area (Å²) in [4.78, 5) is 0. The van der Waals surface area contributed by atoms with E-state index in [0.29, 0.717) is 6.79 Å². The Kier molecular flexibility index (Phi) is 2.80. The summed E-state index contributed by atoms with van der Waals surface area (Å²) in [7, 11) is 1.69. The summed E-state index contributed by atoms with van der Waals surface area (Å²) in [6.45, 7) is 4.80. The van der Waals surface area contributed by atoms with Crippen molar-refractivity contribution in [2.75, 3.05) is 13.9 Å². The molecule has 3 aliphatic rings. The van der Waals surface area contributed by atoms with Crippen LogP contribution in [0.4, 0.5) is 0 Å². The van der Waals surface area contributed by atoms with Gasteiger partial charge >= 0.3 is 0 Å². The lowest BCUT2D eigenvalue weighted by Gasteiger charge is -2.51. The first-order valence-corrected chi connectivity index (χ1v) is 6.62. The van der Waals surface area contributed by atoms with E-state index < -0.39 is 0 Å². The highest BCUT2D eigenvalue weighted by Gasteiger charge is 2.52. The van der Waals surface area contributed by atoms with E-state index in [1.54, 1.807) is 7.11 Å². The van der Waals surface area contributed by atoms with Gasteiger partial charge < -0.3 is 9.47 Å². The fraction of sp³-hybridized carbons (Fsp3) is 0.500. The van der Waals surface area contributed by atoms with Crippen LogP contribution in [0.1, 0.15) is 33.1 Å². The van der Waals surface area contributed by atoms with E-state index in [9.17, 15) is 0 Å². The highest BCUT2D eigenvalue weighted by Crippen LogP contribution is 2.57. The molecular weight excluding hydrogens is 224 g/mol. The maximum Gasteiger partial charge on any atom is 0.148 e. The molecule has 0 saturated heterocycles. The predicted molar refractivity (Wildman–Crippen MR) is 72.2 cm³/mol. The van der Waals surface area contributed by atoms with Crippen LogP contribution in [0, 0.1) is 0 Å². The van der Waals surface area contributed by atoms with Gasteiger partial charge in [0, 0.05) is 7.11 Å². The zero-order chi connectivity index (χ0) is 12.8. The Hall–Kier alpha value is -1.12. The van der Waals surface area contributed by atoms with E-state index >= 15 is 0 Å². The number of rotatable bonds is 3. The Morgan fingerprint density at radius 2 is 2.17 bits per heavy atom. The molecule has 1 unspecified atom stereocenters. The van der Waals surface area contributed by atoms with Crippen molar-refractivity contribution in [2.45, 2.75) is 38.7 Å². The molecule has 3 aliphatic carbocycles. The normalized spacial score (nSPS) is 29.8. The molecule has 0 aromatic rings. The third kappa shape index (κ3) is 1.42. The van der Waals surface area contributed by atoms with Crippen LogP contribution >= 0.6 is 0 Å². The maximum absolute atomic E-state index is 6.09. The standard InChI is InChI=1S/C16H20O2/c1-11-7-8-12(2)15-14(11)13-6-4-5-9-16(13,15)18-10-17-3/h4,6-7H,5,8-10H2,1-3H3. The van der Waals surface area contributed by atoms with Gasteiger partial charge in [-0.25, -0.2) is 0 Å². The molecule has 0 spiro atoms. The number of fused-ring (bicyclic) bond motifs is 3. The first kappa shape index (κ1) is 11.9. The van der Waals surface area contributed by atoms with E-state index in [1.165, 1.54) is 27.9 Å². The van der Waals surface area contributed by atoms with E-state index in [4.69, 9.17) is 9.47 Å². The van der Waals surface area contributed by atoms with Gasteiger partial charge in [-0.15, -0.1) is 0 Å². The van der Waals surface area contributed by atoms with Crippen LogP contribution in [0.15, 0.2) is 46.1 Å². The molecule has 0 aromatic heterocycles. The number of hydrogen-bond donors (Lipinski definition) is 0. The van der Waals surface area contributed by atoms with Crippen LogP contribution in [0.25, 0.3) is 0 Å². The molecule has 0 radical (unpaired) electrons. The van der Waals surface area contributed by atoms with Gasteiger partial charge in [0.05, 0.1) is 0 Å². The van der Waals surface area contributed by atoms with E-state index in [-0.39, 0.29) is 5.60 Å². The third-order valence-electron chi connectivity index (χ3n) is 4.26. The van der Waals surface area contributed by atoms with Crippen LogP contribution in [0.3, 0.4) is 0 Å². The van der Waals surface area contributed by atoms with Crippen LogP contribution in [-0.4, -0.2) is 19.5 Å². The van der Waals surface area contributed by atoms with Gasteiger partial charge in [0.25, 0.3) is 0 Å². The van der Waals surface area contributed by atoms with Gasteiger partial charge in [-0.05, 0) is 55.4 Å². The molecule has 2 nitrogen and oxygen atoms in total. The van der Waals surface area contributed by atoms with Gasteiger partial charge in [0.15, 0.2) is 0 Å². The van der Waals surface area contributed by atoms with Gasteiger partial charge in [0.2, 0.25) is 0 Å². The molecule has 2 heteroatoms. The molecule has 0 bridgehead atoms. The van der Waals surface area contributed by atoms with Crippen molar-refractivity contribution in [1.82, 2.24) is 0 Å². The van der Waals surface area contributed by atoms with Gasteiger partial charge in [-0.3, -0.25) is 0 Å². The highest BCUT2D eigenvalue weighted by atomic mass is 16.7. The van der Waals surface area contributed by atoms with Crippen molar-refractivity contribution in [2.24, 2.45) is 0 Å². The van der Waals surface area contributed by atoms with Crippen molar-refractivity contribution >= 4 is 0 Å². The molecule has 0 aromatic carbocycles. The van der Waals surface area contributed by atoms with Crippen molar-refractivity contribution in [3.8, 4) is 0 Å². The minimum atomic E-state index is -0.181. The number of hydrogen-bond acceptors (Lipinski definition) is 2. The molecular formula is C16H20O2. The molecule has 18 heavy (non-hydrogen) atoms. The lowest BCUT2D eigenvalue weighted by molar-refractivity contribution is -0.105. The second kappa shape index (κ2) is 4.22. The number of allylic oxidation sites excluding steroid dienone is 4. The molecule has 0 saturated carbocycles. The Morgan fingerprint density at radius 1 is 1.33 bits per heavy atom. The van der Waals surface area contributed by atoms with Crippen molar-refractivity contribution in [1.29, 1.82) is 0 Å². The topological polar surface area (TPSA) is 18.5 Å². The number of methoxy groups -OCH3 is 1. The molecule has 0 amide bonds. The molecule has 1 atom stereocenters. The van der Waals surface area contributed by atoms with E-state index in [2.05, 4.69) is 32.1 Å². The molecule has 0 aliphatic heterocycles. The molecule has 3 rings (SSSR count). The minimum absolute atomic E-state index is 0.181. The highest BCUT2D eigenvalue weighted by molar-refractivity contribution is 5.73. The second-order valence-corrected chi connectivity index (χ2v) is 5.35. The molecule has 0 fully saturated rings. The SMILES string of the molecule is COCOC12CCC=CC1=C1C(C)=CCC(C)=C12. The summed E-state index contributed by atoms with van der Waals surface area (Å²) in [6.07, 6.45) is 10.0. The van der Waals surface area contributed by atoms with Crippen molar-refractivity contribution < 1.29 is 9.47 Å². The van der Waals surface area contributed by atoms with Crippen molar-refractivity contribution in [3.05, 3.63) is 46.1 Å². The Bertz CT molecular complexity index is 505. The second-order valence-electron chi connectivity index (χ2n) is 5.35. The summed E-state index contributed by atoms with van der Waals surface area (Å²) < 4.78 is 11.2. The van der Waals surface area contributed by atoms with E-state index in [1.807, 2.05) is 0 Å². The molecule has 96 valence electrons. The fourth-order valence-electron chi connectivity index (χ4n) is 3.44. The summed E-state index contributed by atoms with van der Waals surface area (Å²) in [6, 6.07) is 0. The first-order valence-electron chi connectivity index (χ1n) is 6.62. The van der Waals surface area contributed by atoms with Crippen LogP contribution in [-0.2, 0) is 9.47 Å². The van der Waals surface area contributed by atoms with Gasteiger partial charge in [-0.2, -0.15) is 0 Å². The minimum Gasteiger partial charge on any atom is -0.359 e. The lowest BCUT2D eigenvalue weighted by atomic mass is 9.59. The predicted octanol–water partition coefficient (Wildman–Crippen LogP) is 3.67. The number of ether oxygens (including phenoxy) is 2. The average Bonchev–Trinajstić information content (AvgIpc) is 2.36. The third-order valence-corrected chi connectivity index (χ3v) is 4.26. The van der Waals surface area contributed by atoms with Crippen LogP contribution < -0.4 is 0 Å². The van der Waals surface area contributed by atoms with Crippen LogP contribution in [0.2, 0.25) is 0 Å². The van der Waals surface area contributed by atoms with Gasteiger partial charge in [-0.1, -0.05) is 23.8 Å². The first-order chi connectivity index (χ1) is 8.70. The smallest absolute Gasteiger partial charge is 0.148 e. The summed E-state index contributed by atoms with van der Waals surface area (Å²) in [5.41, 5.74) is 6.87. The quantitative estimate of drug-likeness (QED) is 0.705. The average molecular weight is 244 g/mol. The zero-order valence-electron chi connectivity index (χ0n) is 11.4. The lowest BCUT2D eigenvalue weighted by Crippen LogP contribution is -2.48. The Morgan fingerprint density at radius 3 is 2.94 bits per heavy atom. The fourth-order valence-corrected chi connectivity index (χ4v) is 3.44.